The molecule has 0 N–H and O–H groups in total. The average molecular weight is 469 g/mol. The van der Waals surface area contributed by atoms with E-state index in [2.05, 4.69) is 5.10 Å². The lowest BCUT2D eigenvalue weighted by Crippen LogP contribution is -2.31. The molecule has 2 atom stereocenters. The minimum atomic E-state index is -3.11. The van der Waals surface area contributed by atoms with Gasteiger partial charge in [-0.15, -0.1) is 5.10 Å². The topological polar surface area (TPSA) is 118 Å². The Bertz CT molecular complexity index is 1030. The van der Waals surface area contributed by atoms with Gasteiger partial charge in [-0.05, 0) is 19.9 Å². The van der Waals surface area contributed by atoms with Crippen molar-refractivity contribution in [2.75, 3.05) is 6.61 Å². The van der Waals surface area contributed by atoms with Crippen molar-refractivity contribution in [3.05, 3.63) is 48.6 Å². The molecule has 14 heteroatoms. The summed E-state index contributed by atoms with van der Waals surface area (Å²) in [5, 5.41) is 14.2. The molecule has 30 heavy (non-hydrogen) atoms. The van der Waals surface area contributed by atoms with Crippen molar-refractivity contribution in [3.8, 4) is 11.4 Å². The number of nitrogens with zero attached hydrogens (tertiary/aromatic N) is 4. The highest BCUT2D eigenvalue weighted by Gasteiger charge is 2.24. The molecule has 0 aliphatic carbocycles. The van der Waals surface area contributed by atoms with Gasteiger partial charge in [0.05, 0.1) is 15.7 Å². The molecule has 0 amide bonds. The number of rotatable bonds is 8. The summed E-state index contributed by atoms with van der Waals surface area (Å²) in [6, 6.07) is 1.23. The van der Waals surface area contributed by atoms with Crippen LogP contribution in [-0.2, 0) is 9.53 Å². The lowest BCUT2D eigenvalue weighted by atomic mass is 10.3. The molecular weight excluding hydrogens is 453 g/mol. The molecule has 1 aromatic carbocycles. The standard InChI is InChI=1S/C16H16Cl2F2N4O6/c1-7(24(27)28)6-29-14(25)8(2)30-13-5-12(10(17)4-11(13)18)23-16(26)22(15(19)20)9(3)21-23/h4-5,7-8,15H,6H2,1-3H3. The van der Waals surface area contributed by atoms with E-state index in [0.29, 0.717) is 4.68 Å². The van der Waals surface area contributed by atoms with Crippen LogP contribution in [0.5, 0.6) is 5.75 Å². The van der Waals surface area contributed by atoms with Crippen molar-refractivity contribution < 1.29 is 28.0 Å². The number of esters is 1. The molecule has 0 aliphatic heterocycles. The second kappa shape index (κ2) is 9.39. The van der Waals surface area contributed by atoms with E-state index < -0.39 is 41.9 Å². The van der Waals surface area contributed by atoms with E-state index in [1.54, 1.807) is 0 Å². The second-order valence-corrected chi connectivity index (χ2v) is 6.96. The Labute approximate surface area is 178 Å². The normalized spacial score (nSPS) is 13.2. The first kappa shape index (κ1) is 23.5. The van der Waals surface area contributed by atoms with Crippen LogP contribution in [0.4, 0.5) is 8.78 Å². The van der Waals surface area contributed by atoms with Gasteiger partial charge in [0.25, 0.3) is 0 Å². The average Bonchev–Trinajstić information content (AvgIpc) is 2.95. The Hall–Kier alpha value is -2.73. The number of aryl methyl sites for hydroxylation is 1. The predicted octanol–water partition coefficient (Wildman–Crippen LogP) is 3.02. The number of ether oxygens (including phenoxy) is 2. The maximum Gasteiger partial charge on any atom is 0.355 e. The Morgan fingerprint density at radius 2 is 1.93 bits per heavy atom. The van der Waals surface area contributed by atoms with Crippen molar-refractivity contribution >= 4 is 29.2 Å². The van der Waals surface area contributed by atoms with Crippen LogP contribution in [-0.4, -0.2) is 44.0 Å². The number of aromatic nitrogens is 3. The highest BCUT2D eigenvalue weighted by molar-refractivity contribution is 6.36. The minimum absolute atomic E-state index is 0.0416. The van der Waals surface area contributed by atoms with Crippen LogP contribution in [0.25, 0.3) is 5.69 Å². The van der Waals surface area contributed by atoms with Crippen LogP contribution < -0.4 is 10.4 Å². The lowest BCUT2D eigenvalue weighted by Gasteiger charge is -2.16. The van der Waals surface area contributed by atoms with Crippen LogP contribution in [0.2, 0.25) is 10.0 Å². The van der Waals surface area contributed by atoms with E-state index in [1.165, 1.54) is 26.8 Å². The van der Waals surface area contributed by atoms with Crippen molar-refractivity contribution in [2.24, 2.45) is 0 Å². The van der Waals surface area contributed by atoms with Gasteiger partial charge >= 0.3 is 18.2 Å². The zero-order valence-corrected chi connectivity index (χ0v) is 17.4. The van der Waals surface area contributed by atoms with Gasteiger partial charge in [0, 0.05) is 17.9 Å². The number of carbonyl (C=O) groups is 1. The maximum absolute atomic E-state index is 13.0. The van der Waals surface area contributed by atoms with Gasteiger partial charge in [0.15, 0.2) is 12.7 Å². The van der Waals surface area contributed by atoms with Crippen molar-refractivity contribution in [2.45, 2.75) is 39.5 Å². The predicted molar refractivity (Wildman–Crippen MR) is 101 cm³/mol. The summed E-state index contributed by atoms with van der Waals surface area (Å²) in [5.41, 5.74) is -1.25. The number of hydrogen-bond donors (Lipinski definition) is 0. The Balaban J connectivity index is 2.30. The summed E-state index contributed by atoms with van der Waals surface area (Å²) in [6.07, 6.45) is -1.23. The van der Waals surface area contributed by atoms with Crippen molar-refractivity contribution in [1.82, 2.24) is 14.3 Å². The Morgan fingerprint density at radius 1 is 1.30 bits per heavy atom. The summed E-state index contributed by atoms with van der Waals surface area (Å²) in [6.45, 7) is 0.225. The summed E-state index contributed by atoms with van der Waals surface area (Å²) in [5.74, 6) is -1.26. The molecule has 164 valence electrons. The van der Waals surface area contributed by atoms with E-state index in [0.717, 1.165) is 6.07 Å². The third-order valence-corrected chi connectivity index (χ3v) is 4.47. The van der Waals surface area contributed by atoms with E-state index in [1.807, 2.05) is 0 Å². The molecule has 1 heterocycles. The lowest BCUT2D eigenvalue weighted by molar-refractivity contribution is -0.520. The van der Waals surface area contributed by atoms with E-state index in [-0.39, 0.29) is 31.9 Å². The van der Waals surface area contributed by atoms with Gasteiger partial charge in [-0.3, -0.25) is 10.1 Å². The van der Waals surface area contributed by atoms with Gasteiger partial charge in [-0.2, -0.15) is 13.5 Å². The molecule has 0 aliphatic rings. The summed E-state index contributed by atoms with van der Waals surface area (Å²) in [4.78, 5) is 34.2. The fraction of sp³-hybridized carbons (Fsp3) is 0.438. The first-order valence-electron chi connectivity index (χ1n) is 8.36. The largest absolute Gasteiger partial charge is 0.477 e. The molecule has 10 nitrogen and oxygen atoms in total. The number of carbonyl (C=O) groups excluding carboxylic acids is 1. The number of hydrogen-bond acceptors (Lipinski definition) is 7. The zero-order chi connectivity index (χ0) is 22.7. The van der Waals surface area contributed by atoms with Gasteiger partial charge in [0.1, 0.15) is 11.6 Å². The van der Waals surface area contributed by atoms with Crippen LogP contribution >= 0.6 is 23.2 Å². The monoisotopic (exact) mass is 468 g/mol. The van der Waals surface area contributed by atoms with E-state index in [4.69, 9.17) is 32.7 Å². The highest BCUT2D eigenvalue weighted by atomic mass is 35.5. The van der Waals surface area contributed by atoms with Crippen LogP contribution in [0, 0.1) is 17.0 Å². The van der Waals surface area contributed by atoms with Crippen LogP contribution in [0.15, 0.2) is 16.9 Å². The first-order chi connectivity index (χ1) is 13.9. The summed E-state index contributed by atoms with van der Waals surface area (Å²) >= 11 is 12.1. The van der Waals surface area contributed by atoms with Gasteiger partial charge in [0.2, 0.25) is 6.04 Å². The molecule has 0 saturated heterocycles. The van der Waals surface area contributed by atoms with Gasteiger partial charge in [-0.25, -0.2) is 14.2 Å². The van der Waals surface area contributed by atoms with E-state index in [9.17, 15) is 28.5 Å². The quantitative estimate of drug-likeness (QED) is 0.331. The van der Waals surface area contributed by atoms with E-state index >= 15 is 0 Å². The highest BCUT2D eigenvalue weighted by Crippen LogP contribution is 2.33. The molecule has 2 rings (SSSR count). The molecule has 0 fully saturated rings. The number of alkyl halides is 2. The molecule has 2 unspecified atom stereocenters. The smallest absolute Gasteiger partial charge is 0.355 e. The third kappa shape index (κ3) is 5.05. The molecule has 0 spiro atoms. The number of halogens is 4. The Kier molecular flexibility index (Phi) is 7.37. The SMILES string of the molecule is Cc1nn(-c2cc(OC(C)C(=O)OCC(C)[N+](=O)[O-])c(Cl)cc2Cl)c(=O)n1C(F)F. The molecule has 1 aromatic heterocycles. The molecular formula is C16H16Cl2F2N4O6. The fourth-order valence-electron chi connectivity index (χ4n) is 2.25. The van der Waals surface area contributed by atoms with Gasteiger partial charge in [-0.1, -0.05) is 23.2 Å². The van der Waals surface area contributed by atoms with Crippen LogP contribution in [0.1, 0.15) is 26.2 Å². The third-order valence-electron chi connectivity index (χ3n) is 3.87. The maximum atomic E-state index is 13.0. The number of benzene rings is 1. The van der Waals surface area contributed by atoms with Crippen molar-refractivity contribution in [1.29, 1.82) is 0 Å². The summed E-state index contributed by atoms with van der Waals surface area (Å²) in [7, 11) is 0. The van der Waals surface area contributed by atoms with Crippen LogP contribution in [0.3, 0.4) is 0 Å². The molecule has 2 aromatic rings. The fourth-order valence-corrected chi connectivity index (χ4v) is 2.76. The molecule has 0 saturated carbocycles. The molecule has 0 radical (unpaired) electrons. The van der Waals surface area contributed by atoms with Crippen molar-refractivity contribution in [3.63, 3.8) is 0 Å². The van der Waals surface area contributed by atoms with Gasteiger partial charge < -0.3 is 9.47 Å². The molecule has 0 bridgehead atoms. The summed E-state index contributed by atoms with van der Waals surface area (Å²) < 4.78 is 37.1. The minimum Gasteiger partial charge on any atom is -0.477 e. The first-order valence-corrected chi connectivity index (χ1v) is 9.12. The Morgan fingerprint density at radius 3 is 2.47 bits per heavy atom. The zero-order valence-electron chi connectivity index (χ0n) is 15.8. The second-order valence-electron chi connectivity index (χ2n) is 6.15. The number of nitro groups is 1.